The standard InChI is InChI=1S/C17H25NO/c1-13-11-15-12-14(6-9-17(15)19-13)5-3-2-4-10-18-16-7-8-16/h6,9,12-13,16,18H,2-5,7-8,10-11H2,1H3. The van der Waals surface area contributed by atoms with E-state index in [-0.39, 0.29) is 0 Å². The van der Waals surface area contributed by atoms with Crippen LogP contribution in [0.3, 0.4) is 0 Å². The first-order valence-corrected chi connectivity index (χ1v) is 7.83. The highest BCUT2D eigenvalue weighted by Crippen LogP contribution is 2.29. The molecule has 1 N–H and O–H groups in total. The van der Waals surface area contributed by atoms with Gasteiger partial charge in [0, 0.05) is 12.5 Å². The number of unbranched alkanes of at least 4 members (excludes halogenated alkanes) is 2. The van der Waals surface area contributed by atoms with Crippen LogP contribution in [0.1, 0.15) is 50.2 Å². The number of nitrogens with one attached hydrogen (secondary N) is 1. The zero-order chi connectivity index (χ0) is 13.1. The van der Waals surface area contributed by atoms with E-state index in [1.165, 1.54) is 56.2 Å². The average Bonchev–Trinajstić information content (AvgIpc) is 3.14. The second-order valence-corrected chi connectivity index (χ2v) is 6.11. The monoisotopic (exact) mass is 259 g/mol. The van der Waals surface area contributed by atoms with Crippen LogP contribution in [-0.4, -0.2) is 18.7 Å². The van der Waals surface area contributed by atoms with E-state index in [1.54, 1.807) is 0 Å². The molecule has 0 amide bonds. The van der Waals surface area contributed by atoms with Gasteiger partial charge in [-0.25, -0.2) is 0 Å². The van der Waals surface area contributed by atoms with Crippen LogP contribution in [0, 0.1) is 0 Å². The Balaban J connectivity index is 1.37. The molecule has 0 spiro atoms. The van der Waals surface area contributed by atoms with E-state index in [4.69, 9.17) is 4.74 Å². The maximum absolute atomic E-state index is 5.74. The molecule has 1 heterocycles. The first-order chi connectivity index (χ1) is 9.31. The number of aryl methyl sites for hydroxylation is 1. The summed E-state index contributed by atoms with van der Waals surface area (Å²) in [5.74, 6) is 1.10. The van der Waals surface area contributed by atoms with Crippen LogP contribution in [0.4, 0.5) is 0 Å². The van der Waals surface area contributed by atoms with Gasteiger partial charge in [0.25, 0.3) is 0 Å². The van der Waals surface area contributed by atoms with Crippen LogP contribution < -0.4 is 10.1 Å². The molecule has 0 radical (unpaired) electrons. The molecule has 1 aliphatic heterocycles. The summed E-state index contributed by atoms with van der Waals surface area (Å²) in [6.07, 6.45) is 9.41. The lowest BCUT2D eigenvalue weighted by molar-refractivity contribution is 0.254. The molecule has 3 rings (SSSR count). The Morgan fingerprint density at radius 1 is 1.21 bits per heavy atom. The van der Waals surface area contributed by atoms with E-state index < -0.39 is 0 Å². The fraction of sp³-hybridized carbons (Fsp3) is 0.647. The molecule has 2 nitrogen and oxygen atoms in total. The predicted octanol–water partition coefficient (Wildman–Crippen LogP) is 3.47. The van der Waals surface area contributed by atoms with E-state index in [0.29, 0.717) is 6.10 Å². The van der Waals surface area contributed by atoms with Crippen LogP contribution in [0.25, 0.3) is 0 Å². The molecule has 1 fully saturated rings. The highest BCUT2D eigenvalue weighted by Gasteiger charge is 2.19. The van der Waals surface area contributed by atoms with Crippen LogP contribution >= 0.6 is 0 Å². The minimum absolute atomic E-state index is 0.360. The van der Waals surface area contributed by atoms with Crippen LogP contribution in [0.15, 0.2) is 18.2 Å². The molecular weight excluding hydrogens is 234 g/mol. The van der Waals surface area contributed by atoms with Crippen LogP contribution in [-0.2, 0) is 12.8 Å². The fourth-order valence-electron chi connectivity index (χ4n) is 2.86. The van der Waals surface area contributed by atoms with Gasteiger partial charge in [-0.15, -0.1) is 0 Å². The Morgan fingerprint density at radius 2 is 2.11 bits per heavy atom. The Bertz CT molecular complexity index is 425. The summed E-state index contributed by atoms with van der Waals surface area (Å²) in [5.41, 5.74) is 2.88. The Labute approximate surface area is 116 Å². The van der Waals surface area contributed by atoms with Crippen molar-refractivity contribution in [2.24, 2.45) is 0 Å². The van der Waals surface area contributed by atoms with Gasteiger partial charge in [-0.3, -0.25) is 0 Å². The number of ether oxygens (including phenoxy) is 1. The van der Waals surface area contributed by atoms with Gasteiger partial charge in [0.2, 0.25) is 0 Å². The van der Waals surface area contributed by atoms with E-state index in [0.717, 1.165) is 18.2 Å². The molecule has 2 heteroatoms. The number of hydrogen-bond donors (Lipinski definition) is 1. The summed E-state index contributed by atoms with van der Waals surface area (Å²) < 4.78 is 5.74. The molecule has 1 unspecified atom stereocenters. The minimum atomic E-state index is 0.360. The van der Waals surface area contributed by atoms with Crippen LogP contribution in [0.5, 0.6) is 5.75 Å². The summed E-state index contributed by atoms with van der Waals surface area (Å²) >= 11 is 0. The van der Waals surface area contributed by atoms with E-state index >= 15 is 0 Å². The summed E-state index contributed by atoms with van der Waals surface area (Å²) in [7, 11) is 0. The van der Waals surface area contributed by atoms with Gasteiger partial charge >= 0.3 is 0 Å². The summed E-state index contributed by atoms with van der Waals surface area (Å²) in [5, 5.41) is 3.58. The molecule has 2 aliphatic rings. The van der Waals surface area contributed by atoms with Crippen molar-refractivity contribution in [3.05, 3.63) is 29.3 Å². The van der Waals surface area contributed by atoms with Crippen molar-refractivity contribution in [1.29, 1.82) is 0 Å². The predicted molar refractivity (Wildman–Crippen MR) is 78.8 cm³/mol. The molecule has 1 aliphatic carbocycles. The molecular formula is C17H25NO. The average molecular weight is 259 g/mol. The first-order valence-electron chi connectivity index (χ1n) is 7.83. The number of rotatable bonds is 7. The largest absolute Gasteiger partial charge is 0.490 e. The maximum atomic E-state index is 5.74. The third kappa shape index (κ3) is 3.73. The minimum Gasteiger partial charge on any atom is -0.490 e. The Kier molecular flexibility index (Phi) is 4.07. The summed E-state index contributed by atoms with van der Waals surface area (Å²) in [6, 6.07) is 7.60. The molecule has 1 saturated carbocycles. The zero-order valence-corrected chi connectivity index (χ0v) is 12.0. The second kappa shape index (κ2) is 5.96. The van der Waals surface area contributed by atoms with Gasteiger partial charge < -0.3 is 10.1 Å². The SMILES string of the molecule is CC1Cc2cc(CCCCCNC3CC3)ccc2O1. The molecule has 1 atom stereocenters. The normalized spacial score (nSPS) is 21.2. The molecule has 1 aromatic rings. The molecule has 104 valence electrons. The van der Waals surface area contributed by atoms with E-state index in [9.17, 15) is 0 Å². The first kappa shape index (κ1) is 13.0. The van der Waals surface area contributed by atoms with Gasteiger partial charge in [-0.2, -0.15) is 0 Å². The van der Waals surface area contributed by atoms with Crippen LogP contribution in [0.2, 0.25) is 0 Å². The lowest BCUT2D eigenvalue weighted by Crippen LogP contribution is -2.17. The van der Waals surface area contributed by atoms with Crippen molar-refractivity contribution in [2.75, 3.05) is 6.54 Å². The highest BCUT2D eigenvalue weighted by atomic mass is 16.5. The zero-order valence-electron chi connectivity index (χ0n) is 12.0. The van der Waals surface area contributed by atoms with Gasteiger partial charge in [-0.1, -0.05) is 18.6 Å². The Hall–Kier alpha value is -1.02. The topological polar surface area (TPSA) is 21.3 Å². The number of benzene rings is 1. The van der Waals surface area contributed by atoms with Crippen molar-refractivity contribution >= 4 is 0 Å². The molecule has 0 aromatic heterocycles. The summed E-state index contributed by atoms with van der Waals surface area (Å²) in [4.78, 5) is 0. The fourth-order valence-corrected chi connectivity index (χ4v) is 2.86. The van der Waals surface area contributed by atoms with Crippen molar-refractivity contribution in [2.45, 2.75) is 64.0 Å². The molecule has 19 heavy (non-hydrogen) atoms. The van der Waals surface area contributed by atoms with Crippen molar-refractivity contribution in [1.82, 2.24) is 5.32 Å². The smallest absolute Gasteiger partial charge is 0.123 e. The van der Waals surface area contributed by atoms with Gasteiger partial charge in [0.15, 0.2) is 0 Å². The van der Waals surface area contributed by atoms with Gasteiger partial charge in [-0.05, 0) is 62.8 Å². The van der Waals surface area contributed by atoms with Gasteiger partial charge in [0.1, 0.15) is 11.9 Å². The van der Waals surface area contributed by atoms with Crippen molar-refractivity contribution < 1.29 is 4.74 Å². The Morgan fingerprint density at radius 3 is 2.95 bits per heavy atom. The lowest BCUT2D eigenvalue weighted by Gasteiger charge is -2.05. The van der Waals surface area contributed by atoms with Crippen molar-refractivity contribution in [3.8, 4) is 5.75 Å². The number of fused-ring (bicyclic) bond motifs is 1. The number of hydrogen-bond acceptors (Lipinski definition) is 2. The van der Waals surface area contributed by atoms with E-state index in [2.05, 4.69) is 30.4 Å². The summed E-state index contributed by atoms with van der Waals surface area (Å²) in [6.45, 7) is 3.35. The highest BCUT2D eigenvalue weighted by molar-refractivity contribution is 5.40. The van der Waals surface area contributed by atoms with E-state index in [1.807, 2.05) is 0 Å². The molecule has 0 bridgehead atoms. The van der Waals surface area contributed by atoms with Crippen molar-refractivity contribution in [3.63, 3.8) is 0 Å². The second-order valence-electron chi connectivity index (χ2n) is 6.11. The third-order valence-electron chi connectivity index (χ3n) is 4.11. The quantitative estimate of drug-likeness (QED) is 0.757. The molecule has 0 saturated heterocycles. The third-order valence-corrected chi connectivity index (χ3v) is 4.11. The molecule has 1 aromatic carbocycles. The van der Waals surface area contributed by atoms with Gasteiger partial charge in [0.05, 0.1) is 0 Å². The lowest BCUT2D eigenvalue weighted by atomic mass is 10.0. The maximum Gasteiger partial charge on any atom is 0.123 e.